The Balaban J connectivity index is 1.95. The highest BCUT2D eigenvalue weighted by Crippen LogP contribution is 2.24. The zero-order valence-corrected chi connectivity index (χ0v) is 12.0. The van der Waals surface area contributed by atoms with Crippen LogP contribution >= 0.6 is 0 Å². The number of pyridine rings is 1. The van der Waals surface area contributed by atoms with Crippen molar-refractivity contribution in [3.8, 4) is 0 Å². The van der Waals surface area contributed by atoms with Gasteiger partial charge in [-0.05, 0) is 45.7 Å². The summed E-state index contributed by atoms with van der Waals surface area (Å²) in [6, 6.07) is 0. The van der Waals surface area contributed by atoms with E-state index in [0.717, 1.165) is 25.9 Å². The monoisotopic (exact) mass is 279 g/mol. The van der Waals surface area contributed by atoms with E-state index in [0.29, 0.717) is 36.0 Å². The number of rotatable bonds is 5. The second kappa shape index (κ2) is 6.76. The van der Waals surface area contributed by atoms with Gasteiger partial charge >= 0.3 is 0 Å². The maximum absolute atomic E-state index is 11.0. The number of hydrogen-bond acceptors (Lipinski definition) is 5. The summed E-state index contributed by atoms with van der Waals surface area (Å²) in [7, 11) is 0. The van der Waals surface area contributed by atoms with E-state index in [-0.39, 0.29) is 10.6 Å². The van der Waals surface area contributed by atoms with Gasteiger partial charge in [-0.25, -0.2) is 0 Å². The van der Waals surface area contributed by atoms with Crippen molar-refractivity contribution in [1.29, 1.82) is 0 Å². The molecule has 1 aliphatic heterocycles. The first-order valence-electron chi connectivity index (χ1n) is 6.97. The summed E-state index contributed by atoms with van der Waals surface area (Å²) in [5, 5.41) is 14.4. The predicted molar refractivity (Wildman–Crippen MR) is 75.6 cm³/mol. The number of ether oxygens (including phenoxy) is 1. The van der Waals surface area contributed by atoms with Crippen LogP contribution < -0.4 is 5.32 Å². The van der Waals surface area contributed by atoms with Crippen LogP contribution in [0, 0.1) is 29.9 Å². The van der Waals surface area contributed by atoms with Crippen LogP contribution in [0.4, 0.5) is 5.69 Å². The Morgan fingerprint density at radius 1 is 1.45 bits per heavy atom. The van der Waals surface area contributed by atoms with E-state index in [2.05, 4.69) is 10.3 Å². The molecule has 20 heavy (non-hydrogen) atoms. The van der Waals surface area contributed by atoms with Crippen molar-refractivity contribution in [3.05, 3.63) is 33.1 Å². The maximum atomic E-state index is 11.0. The van der Waals surface area contributed by atoms with Crippen LogP contribution in [-0.2, 0) is 11.3 Å². The fourth-order valence-electron chi connectivity index (χ4n) is 2.56. The SMILES string of the molecule is Cc1cnc(COCC2CCNCC2)c(C)c1[N+](=O)[O-]. The molecule has 0 spiro atoms. The maximum Gasteiger partial charge on any atom is 0.278 e. The molecule has 1 saturated heterocycles. The van der Waals surface area contributed by atoms with Crippen LogP contribution in [0.2, 0.25) is 0 Å². The Bertz CT molecular complexity index is 485. The van der Waals surface area contributed by atoms with E-state index in [1.165, 1.54) is 0 Å². The summed E-state index contributed by atoms with van der Waals surface area (Å²) in [5.74, 6) is 0.581. The molecule has 110 valence electrons. The van der Waals surface area contributed by atoms with Crippen molar-refractivity contribution in [2.45, 2.75) is 33.3 Å². The van der Waals surface area contributed by atoms with Crippen LogP contribution in [0.5, 0.6) is 0 Å². The second-order valence-corrected chi connectivity index (χ2v) is 5.33. The fourth-order valence-corrected chi connectivity index (χ4v) is 2.56. The molecule has 1 aromatic heterocycles. The molecule has 1 N–H and O–H groups in total. The number of nitrogens with zero attached hydrogens (tertiary/aromatic N) is 2. The van der Waals surface area contributed by atoms with Crippen LogP contribution in [0.15, 0.2) is 6.20 Å². The third kappa shape index (κ3) is 3.52. The second-order valence-electron chi connectivity index (χ2n) is 5.33. The molecule has 0 amide bonds. The van der Waals surface area contributed by atoms with Gasteiger partial charge in [-0.2, -0.15) is 0 Å². The highest BCUT2D eigenvalue weighted by atomic mass is 16.6. The summed E-state index contributed by atoms with van der Waals surface area (Å²) in [6.45, 7) is 6.57. The normalized spacial score (nSPS) is 16.3. The van der Waals surface area contributed by atoms with Crippen LogP contribution in [0.25, 0.3) is 0 Å². The lowest BCUT2D eigenvalue weighted by atomic mass is 9.99. The standard InChI is InChI=1S/C14H21N3O3/c1-10-7-16-13(11(2)14(10)17(18)19)9-20-8-12-3-5-15-6-4-12/h7,12,15H,3-6,8-9H2,1-2H3. The van der Waals surface area contributed by atoms with Crippen molar-refractivity contribution < 1.29 is 9.66 Å². The predicted octanol–water partition coefficient (Wildman–Crippen LogP) is 2.12. The molecular formula is C14H21N3O3. The average Bonchev–Trinajstić information content (AvgIpc) is 2.42. The van der Waals surface area contributed by atoms with Gasteiger partial charge in [-0.3, -0.25) is 15.1 Å². The molecule has 0 aromatic carbocycles. The topological polar surface area (TPSA) is 77.3 Å². The third-order valence-electron chi connectivity index (χ3n) is 3.81. The zero-order valence-electron chi connectivity index (χ0n) is 12.0. The van der Waals surface area contributed by atoms with Crippen LogP contribution in [0.1, 0.15) is 29.7 Å². The summed E-state index contributed by atoms with van der Waals surface area (Å²) in [6.07, 6.45) is 3.80. The molecule has 2 heterocycles. The minimum atomic E-state index is -0.345. The smallest absolute Gasteiger partial charge is 0.278 e. The van der Waals surface area contributed by atoms with Crippen molar-refractivity contribution >= 4 is 5.69 Å². The summed E-state index contributed by atoms with van der Waals surface area (Å²) in [4.78, 5) is 15.0. The first kappa shape index (κ1) is 14.9. The molecule has 1 fully saturated rings. The Labute approximate surface area is 118 Å². The van der Waals surface area contributed by atoms with Gasteiger partial charge in [0.1, 0.15) is 0 Å². The number of aryl methyl sites for hydroxylation is 1. The molecular weight excluding hydrogens is 258 g/mol. The van der Waals surface area contributed by atoms with E-state index in [1.54, 1.807) is 20.0 Å². The van der Waals surface area contributed by atoms with Gasteiger partial charge in [0.05, 0.1) is 29.4 Å². The molecule has 0 unspecified atom stereocenters. The van der Waals surface area contributed by atoms with Crippen LogP contribution in [-0.4, -0.2) is 29.6 Å². The lowest BCUT2D eigenvalue weighted by Gasteiger charge is -2.22. The molecule has 0 radical (unpaired) electrons. The van der Waals surface area contributed by atoms with Crippen molar-refractivity contribution in [2.24, 2.45) is 5.92 Å². The van der Waals surface area contributed by atoms with E-state index >= 15 is 0 Å². The highest BCUT2D eigenvalue weighted by Gasteiger charge is 2.19. The van der Waals surface area contributed by atoms with E-state index in [4.69, 9.17) is 4.74 Å². The minimum absolute atomic E-state index is 0.153. The molecule has 6 heteroatoms. The summed E-state index contributed by atoms with van der Waals surface area (Å²) < 4.78 is 5.70. The molecule has 0 aliphatic carbocycles. The zero-order chi connectivity index (χ0) is 14.5. The summed E-state index contributed by atoms with van der Waals surface area (Å²) >= 11 is 0. The van der Waals surface area contributed by atoms with Gasteiger partial charge < -0.3 is 10.1 Å². The van der Waals surface area contributed by atoms with E-state index in [1.807, 2.05) is 0 Å². The Morgan fingerprint density at radius 2 is 2.15 bits per heavy atom. The number of piperidine rings is 1. The van der Waals surface area contributed by atoms with Gasteiger partial charge in [0.15, 0.2) is 0 Å². The molecule has 2 rings (SSSR count). The fraction of sp³-hybridized carbons (Fsp3) is 0.643. The largest absolute Gasteiger partial charge is 0.375 e. The highest BCUT2D eigenvalue weighted by molar-refractivity contribution is 5.47. The summed E-state index contributed by atoms with van der Waals surface area (Å²) in [5.41, 5.74) is 2.02. The number of nitrogens with one attached hydrogen (secondary N) is 1. The number of aromatic nitrogens is 1. The van der Waals surface area contributed by atoms with Crippen molar-refractivity contribution in [2.75, 3.05) is 19.7 Å². The Hall–Kier alpha value is -1.53. The average molecular weight is 279 g/mol. The first-order chi connectivity index (χ1) is 9.59. The Kier molecular flexibility index (Phi) is 5.03. The van der Waals surface area contributed by atoms with E-state index < -0.39 is 0 Å². The Morgan fingerprint density at radius 3 is 2.80 bits per heavy atom. The quantitative estimate of drug-likeness (QED) is 0.660. The van der Waals surface area contributed by atoms with Gasteiger partial charge in [0.25, 0.3) is 5.69 Å². The van der Waals surface area contributed by atoms with Crippen LogP contribution in [0.3, 0.4) is 0 Å². The van der Waals surface area contributed by atoms with Crippen molar-refractivity contribution in [3.63, 3.8) is 0 Å². The van der Waals surface area contributed by atoms with Crippen molar-refractivity contribution in [1.82, 2.24) is 10.3 Å². The van der Waals surface area contributed by atoms with Gasteiger partial charge in [-0.15, -0.1) is 0 Å². The first-order valence-corrected chi connectivity index (χ1v) is 6.97. The number of hydrogen-bond donors (Lipinski definition) is 1. The van der Waals surface area contributed by atoms with Gasteiger partial charge in [0, 0.05) is 11.8 Å². The molecule has 1 aliphatic rings. The lowest BCUT2D eigenvalue weighted by Crippen LogP contribution is -2.29. The number of nitro groups is 1. The minimum Gasteiger partial charge on any atom is -0.375 e. The molecule has 6 nitrogen and oxygen atoms in total. The van der Waals surface area contributed by atoms with E-state index in [9.17, 15) is 10.1 Å². The molecule has 0 atom stereocenters. The van der Waals surface area contributed by atoms with Gasteiger partial charge in [-0.1, -0.05) is 0 Å². The molecule has 0 bridgehead atoms. The third-order valence-corrected chi connectivity index (χ3v) is 3.81. The molecule has 0 saturated carbocycles. The van der Waals surface area contributed by atoms with Gasteiger partial charge in [0.2, 0.25) is 0 Å². The lowest BCUT2D eigenvalue weighted by molar-refractivity contribution is -0.386. The molecule has 1 aromatic rings.